The predicted molar refractivity (Wildman–Crippen MR) is 82.6 cm³/mol. The standard InChI is InChI=1S/C16H21N3O/c1-19(11-10-17-12-6-7-12)16-14-4-3-5-15(20-2)13(14)8-9-18-16/h3-5,8-9,12,17H,6-7,10-11H2,1-2H3. The minimum Gasteiger partial charge on any atom is -0.496 e. The van der Waals surface area contributed by atoms with E-state index in [9.17, 15) is 0 Å². The highest BCUT2D eigenvalue weighted by molar-refractivity contribution is 5.96. The molecule has 0 saturated heterocycles. The number of hydrogen-bond donors (Lipinski definition) is 1. The molecule has 1 fully saturated rings. The first-order valence-corrected chi connectivity index (χ1v) is 7.16. The summed E-state index contributed by atoms with van der Waals surface area (Å²) in [5.74, 6) is 1.91. The maximum atomic E-state index is 5.42. The summed E-state index contributed by atoms with van der Waals surface area (Å²) in [6, 6.07) is 8.87. The highest BCUT2D eigenvalue weighted by atomic mass is 16.5. The quantitative estimate of drug-likeness (QED) is 0.875. The van der Waals surface area contributed by atoms with Gasteiger partial charge in [0.15, 0.2) is 0 Å². The van der Waals surface area contributed by atoms with Crippen molar-refractivity contribution in [3.63, 3.8) is 0 Å². The van der Waals surface area contributed by atoms with E-state index in [0.29, 0.717) is 0 Å². The van der Waals surface area contributed by atoms with Gasteiger partial charge in [-0.2, -0.15) is 0 Å². The highest BCUT2D eigenvalue weighted by Crippen LogP contribution is 2.30. The van der Waals surface area contributed by atoms with E-state index in [1.165, 1.54) is 12.8 Å². The number of fused-ring (bicyclic) bond motifs is 1. The molecule has 1 aliphatic rings. The van der Waals surface area contributed by atoms with Gasteiger partial charge in [0, 0.05) is 43.1 Å². The normalized spacial score (nSPS) is 14.5. The van der Waals surface area contributed by atoms with E-state index in [2.05, 4.69) is 28.3 Å². The van der Waals surface area contributed by atoms with Crippen molar-refractivity contribution in [1.82, 2.24) is 10.3 Å². The van der Waals surface area contributed by atoms with Crippen LogP contribution in [0, 0.1) is 0 Å². The number of ether oxygens (including phenoxy) is 1. The van der Waals surface area contributed by atoms with Crippen LogP contribution in [0.15, 0.2) is 30.5 Å². The van der Waals surface area contributed by atoms with Crippen LogP contribution in [-0.2, 0) is 0 Å². The number of pyridine rings is 1. The Labute approximate surface area is 119 Å². The van der Waals surface area contributed by atoms with Gasteiger partial charge >= 0.3 is 0 Å². The molecule has 0 atom stereocenters. The number of rotatable bonds is 6. The Bertz CT molecular complexity index is 595. The summed E-state index contributed by atoms with van der Waals surface area (Å²) >= 11 is 0. The number of nitrogens with one attached hydrogen (secondary N) is 1. The Morgan fingerprint density at radius 3 is 2.90 bits per heavy atom. The molecule has 2 aromatic rings. The number of methoxy groups -OCH3 is 1. The second-order valence-corrected chi connectivity index (χ2v) is 5.34. The molecule has 0 amide bonds. The van der Waals surface area contributed by atoms with E-state index in [0.717, 1.165) is 41.5 Å². The topological polar surface area (TPSA) is 37.4 Å². The summed E-state index contributed by atoms with van der Waals surface area (Å²) in [7, 11) is 3.80. The average Bonchev–Trinajstić information content (AvgIpc) is 3.30. The molecule has 106 valence electrons. The second-order valence-electron chi connectivity index (χ2n) is 5.34. The van der Waals surface area contributed by atoms with E-state index in [1.54, 1.807) is 7.11 Å². The summed E-state index contributed by atoms with van der Waals surface area (Å²) in [5.41, 5.74) is 0. The van der Waals surface area contributed by atoms with Crippen LogP contribution in [-0.4, -0.2) is 38.3 Å². The maximum Gasteiger partial charge on any atom is 0.136 e. The van der Waals surface area contributed by atoms with Gasteiger partial charge in [-0.25, -0.2) is 4.98 Å². The summed E-state index contributed by atoms with van der Waals surface area (Å²) in [5, 5.41) is 5.79. The molecular formula is C16H21N3O. The lowest BCUT2D eigenvalue weighted by molar-refractivity contribution is 0.420. The van der Waals surface area contributed by atoms with Crippen LogP contribution in [0.1, 0.15) is 12.8 Å². The zero-order chi connectivity index (χ0) is 13.9. The van der Waals surface area contributed by atoms with Crippen molar-refractivity contribution >= 4 is 16.6 Å². The number of anilines is 1. The van der Waals surface area contributed by atoms with Gasteiger partial charge in [-0.1, -0.05) is 12.1 Å². The third-order valence-corrected chi connectivity index (χ3v) is 3.78. The van der Waals surface area contributed by atoms with Crippen LogP contribution in [0.5, 0.6) is 5.75 Å². The molecule has 20 heavy (non-hydrogen) atoms. The zero-order valence-electron chi connectivity index (χ0n) is 12.1. The van der Waals surface area contributed by atoms with Gasteiger partial charge in [-0.3, -0.25) is 0 Å². The van der Waals surface area contributed by atoms with Gasteiger partial charge in [0.25, 0.3) is 0 Å². The first kappa shape index (κ1) is 13.2. The lowest BCUT2D eigenvalue weighted by Crippen LogP contribution is -2.30. The Morgan fingerprint density at radius 2 is 2.15 bits per heavy atom. The van der Waals surface area contributed by atoms with Gasteiger partial charge < -0.3 is 15.0 Å². The number of aromatic nitrogens is 1. The average molecular weight is 271 g/mol. The Morgan fingerprint density at radius 1 is 1.30 bits per heavy atom. The number of hydrogen-bond acceptors (Lipinski definition) is 4. The van der Waals surface area contributed by atoms with Crippen molar-refractivity contribution < 1.29 is 4.74 Å². The van der Waals surface area contributed by atoms with Gasteiger partial charge in [-0.15, -0.1) is 0 Å². The van der Waals surface area contributed by atoms with Crippen molar-refractivity contribution in [3.8, 4) is 5.75 Å². The fraction of sp³-hybridized carbons (Fsp3) is 0.438. The van der Waals surface area contributed by atoms with Crippen molar-refractivity contribution in [2.75, 3.05) is 32.1 Å². The van der Waals surface area contributed by atoms with E-state index in [-0.39, 0.29) is 0 Å². The Balaban J connectivity index is 1.82. The highest BCUT2D eigenvalue weighted by Gasteiger charge is 2.20. The molecule has 1 aliphatic carbocycles. The molecule has 0 unspecified atom stereocenters. The first-order chi connectivity index (χ1) is 9.79. The summed E-state index contributed by atoms with van der Waals surface area (Å²) in [6.07, 6.45) is 4.51. The first-order valence-electron chi connectivity index (χ1n) is 7.16. The Kier molecular flexibility index (Phi) is 3.74. The minimum atomic E-state index is 0.754. The maximum absolute atomic E-state index is 5.42. The smallest absolute Gasteiger partial charge is 0.136 e. The van der Waals surface area contributed by atoms with E-state index >= 15 is 0 Å². The molecule has 4 nitrogen and oxygen atoms in total. The fourth-order valence-corrected chi connectivity index (χ4v) is 2.47. The van der Waals surface area contributed by atoms with Crippen molar-refractivity contribution in [2.24, 2.45) is 0 Å². The van der Waals surface area contributed by atoms with E-state index < -0.39 is 0 Å². The van der Waals surface area contributed by atoms with Crippen LogP contribution >= 0.6 is 0 Å². The molecule has 0 aliphatic heterocycles. The number of nitrogens with zero attached hydrogens (tertiary/aromatic N) is 2. The van der Waals surface area contributed by atoms with Gasteiger partial charge in [0.2, 0.25) is 0 Å². The van der Waals surface area contributed by atoms with Crippen LogP contribution in [0.2, 0.25) is 0 Å². The van der Waals surface area contributed by atoms with Crippen molar-refractivity contribution in [2.45, 2.75) is 18.9 Å². The Hall–Kier alpha value is -1.81. The lowest BCUT2D eigenvalue weighted by atomic mass is 10.1. The number of likely N-dealkylation sites (N-methyl/N-ethyl adjacent to an activating group) is 1. The molecule has 0 bridgehead atoms. The molecular weight excluding hydrogens is 250 g/mol. The minimum absolute atomic E-state index is 0.754. The van der Waals surface area contributed by atoms with Crippen LogP contribution in [0.25, 0.3) is 10.8 Å². The largest absolute Gasteiger partial charge is 0.496 e. The molecule has 1 aromatic heterocycles. The molecule has 1 saturated carbocycles. The summed E-state index contributed by atoms with van der Waals surface area (Å²) < 4.78 is 5.42. The second kappa shape index (κ2) is 5.67. The summed E-state index contributed by atoms with van der Waals surface area (Å²) in [4.78, 5) is 6.74. The molecule has 1 heterocycles. The summed E-state index contributed by atoms with van der Waals surface area (Å²) in [6.45, 7) is 1.96. The molecule has 1 N–H and O–H groups in total. The van der Waals surface area contributed by atoms with E-state index in [1.807, 2.05) is 24.4 Å². The zero-order valence-corrected chi connectivity index (χ0v) is 12.1. The van der Waals surface area contributed by atoms with Crippen molar-refractivity contribution in [3.05, 3.63) is 30.5 Å². The molecule has 0 spiro atoms. The fourth-order valence-electron chi connectivity index (χ4n) is 2.47. The van der Waals surface area contributed by atoms with Gasteiger partial charge in [0.05, 0.1) is 7.11 Å². The molecule has 0 radical (unpaired) electrons. The van der Waals surface area contributed by atoms with Gasteiger partial charge in [-0.05, 0) is 25.0 Å². The lowest BCUT2D eigenvalue weighted by Gasteiger charge is -2.20. The molecule has 3 rings (SSSR count). The molecule has 1 aromatic carbocycles. The van der Waals surface area contributed by atoms with E-state index in [4.69, 9.17) is 4.74 Å². The SMILES string of the molecule is COc1cccc2c(N(C)CCNC3CC3)nccc12. The monoisotopic (exact) mass is 271 g/mol. The molecule has 4 heteroatoms. The van der Waals surface area contributed by atoms with Gasteiger partial charge in [0.1, 0.15) is 11.6 Å². The van der Waals surface area contributed by atoms with Crippen molar-refractivity contribution in [1.29, 1.82) is 0 Å². The van der Waals surface area contributed by atoms with Crippen LogP contribution in [0.3, 0.4) is 0 Å². The van der Waals surface area contributed by atoms with Crippen LogP contribution in [0.4, 0.5) is 5.82 Å². The predicted octanol–water partition coefficient (Wildman–Crippen LogP) is 2.43. The van der Waals surface area contributed by atoms with Crippen LogP contribution < -0.4 is 15.0 Å². The third-order valence-electron chi connectivity index (χ3n) is 3.78. The number of benzene rings is 1. The third kappa shape index (κ3) is 2.70.